The van der Waals surface area contributed by atoms with E-state index in [-0.39, 0.29) is 40.4 Å². The molecule has 1 amide bonds. The molecular formula is C27H32N2O10. The molecule has 1 aliphatic rings. The van der Waals surface area contributed by atoms with Crippen molar-refractivity contribution in [2.75, 3.05) is 13.7 Å². The molecule has 0 radical (unpaired) electrons. The van der Waals surface area contributed by atoms with Crippen molar-refractivity contribution in [3.05, 3.63) is 46.3 Å². The number of fused-ring (bicyclic) bond motifs is 1. The molecule has 1 aromatic heterocycles. The van der Waals surface area contributed by atoms with Crippen LogP contribution in [0, 0.1) is 25.2 Å². The number of terminal acetylenes is 1. The third-order valence-electron chi connectivity index (χ3n) is 6.64. The zero-order valence-electron chi connectivity index (χ0n) is 22.3. The summed E-state index contributed by atoms with van der Waals surface area (Å²) in [6, 6.07) is 3.02. The van der Waals surface area contributed by atoms with Crippen molar-refractivity contribution >= 4 is 22.8 Å². The summed E-state index contributed by atoms with van der Waals surface area (Å²) in [6.07, 6.45) is 2.33. The van der Waals surface area contributed by atoms with Gasteiger partial charge in [0.2, 0.25) is 6.29 Å². The Kier molecular flexibility index (Phi) is 9.24. The SMILES string of the molecule is C#CCONC(=O)O[C@@H]1[C@@H](C)[C@](C)(CC=C)OC(Oc2ccc3c(O)c(/C(C)=N\OC)c(=O)oc3c2C)[C@@H]1O. The molecule has 0 aliphatic carbocycles. The van der Waals surface area contributed by atoms with Crippen LogP contribution in [0.15, 0.2) is 39.2 Å². The molecule has 2 aromatic rings. The molecule has 5 atom stereocenters. The summed E-state index contributed by atoms with van der Waals surface area (Å²) >= 11 is 0. The molecule has 12 heteroatoms. The normalized spacial score (nSPS) is 25.0. The summed E-state index contributed by atoms with van der Waals surface area (Å²) < 4.78 is 23.1. The van der Waals surface area contributed by atoms with Gasteiger partial charge < -0.3 is 33.7 Å². The lowest BCUT2D eigenvalue weighted by atomic mass is 9.79. The number of aliphatic hydroxyl groups excluding tert-OH is 1. The van der Waals surface area contributed by atoms with Crippen molar-refractivity contribution in [1.82, 2.24) is 5.48 Å². The second-order valence-corrected chi connectivity index (χ2v) is 9.19. The third-order valence-corrected chi connectivity index (χ3v) is 6.64. The number of aromatic hydroxyl groups is 1. The number of oxime groups is 1. The number of aryl methyl sites for hydroxylation is 1. The average Bonchev–Trinajstić information content (AvgIpc) is 2.87. The van der Waals surface area contributed by atoms with Gasteiger partial charge in [0.1, 0.15) is 42.5 Å². The minimum atomic E-state index is -1.43. The van der Waals surface area contributed by atoms with Crippen LogP contribution < -0.4 is 15.8 Å². The van der Waals surface area contributed by atoms with Crippen LogP contribution in [0.25, 0.3) is 11.0 Å². The molecule has 2 heterocycles. The lowest BCUT2D eigenvalue weighted by Gasteiger charge is -2.48. The fourth-order valence-corrected chi connectivity index (χ4v) is 4.43. The smallest absolute Gasteiger partial charge is 0.431 e. The standard InChI is InChI=1S/C27H32N2O10/c1-8-12-27(6)15(4)23(38-26(33)29-35-13-9-2)21(31)25(39-27)36-18-11-10-17-20(30)19(16(5)28-34-7)24(32)37-22(17)14(18)3/h2,8,10-11,15,21,23,25,30-31H,1,12-13H2,3-7H3,(H,29,33)/b28-16-/t15-,21-,23-,25?,27+/m1/s1. The predicted molar refractivity (Wildman–Crippen MR) is 140 cm³/mol. The molecule has 1 aromatic carbocycles. The van der Waals surface area contributed by atoms with E-state index in [4.69, 9.17) is 34.7 Å². The van der Waals surface area contributed by atoms with Gasteiger partial charge in [-0.2, -0.15) is 5.48 Å². The molecule has 1 fully saturated rings. The number of nitrogens with one attached hydrogen (secondary N) is 1. The summed E-state index contributed by atoms with van der Waals surface area (Å²) in [6.45, 7) is 10.2. The van der Waals surface area contributed by atoms with E-state index < -0.39 is 41.7 Å². The Morgan fingerprint density at radius 3 is 2.77 bits per heavy atom. The Hall–Kier alpha value is -4.05. The Morgan fingerprint density at radius 2 is 2.13 bits per heavy atom. The molecule has 39 heavy (non-hydrogen) atoms. The number of ether oxygens (including phenoxy) is 3. The van der Waals surface area contributed by atoms with Gasteiger partial charge >= 0.3 is 11.7 Å². The number of aliphatic hydroxyl groups is 1. The van der Waals surface area contributed by atoms with E-state index in [1.807, 2.05) is 0 Å². The first-order valence-corrected chi connectivity index (χ1v) is 12.0. The highest BCUT2D eigenvalue weighted by Crippen LogP contribution is 2.41. The first kappa shape index (κ1) is 29.5. The molecule has 3 rings (SSSR count). The number of carbonyl (C=O) groups excluding carboxylic acids is 1. The van der Waals surface area contributed by atoms with E-state index in [0.29, 0.717) is 12.0 Å². The summed E-state index contributed by atoms with van der Waals surface area (Å²) in [5, 5.41) is 25.8. The second kappa shape index (κ2) is 12.2. The summed E-state index contributed by atoms with van der Waals surface area (Å²) in [5.41, 5.74) is 0.701. The fourth-order valence-electron chi connectivity index (χ4n) is 4.43. The fraction of sp³-hybridized carbons (Fsp3) is 0.444. The van der Waals surface area contributed by atoms with Gasteiger partial charge in [-0.05, 0) is 39.3 Å². The predicted octanol–water partition coefficient (Wildman–Crippen LogP) is 2.90. The summed E-state index contributed by atoms with van der Waals surface area (Å²) in [4.78, 5) is 34.4. The van der Waals surface area contributed by atoms with Crippen molar-refractivity contribution in [3.8, 4) is 23.8 Å². The largest absolute Gasteiger partial charge is 0.506 e. The first-order valence-electron chi connectivity index (χ1n) is 12.0. The van der Waals surface area contributed by atoms with Gasteiger partial charge in [0, 0.05) is 11.5 Å². The molecule has 0 saturated carbocycles. The Balaban J connectivity index is 1.97. The monoisotopic (exact) mass is 544 g/mol. The van der Waals surface area contributed by atoms with Crippen molar-refractivity contribution in [3.63, 3.8) is 0 Å². The van der Waals surface area contributed by atoms with Crippen LogP contribution in [-0.2, 0) is 19.1 Å². The van der Waals surface area contributed by atoms with Crippen molar-refractivity contribution in [1.29, 1.82) is 0 Å². The van der Waals surface area contributed by atoms with Crippen molar-refractivity contribution < 1.29 is 43.3 Å². The van der Waals surface area contributed by atoms with Gasteiger partial charge in [0.25, 0.3) is 0 Å². The maximum absolute atomic E-state index is 12.7. The molecular weight excluding hydrogens is 512 g/mol. The van der Waals surface area contributed by atoms with E-state index in [9.17, 15) is 19.8 Å². The molecule has 12 nitrogen and oxygen atoms in total. The number of benzene rings is 1. The van der Waals surface area contributed by atoms with E-state index in [2.05, 4.69) is 23.1 Å². The van der Waals surface area contributed by atoms with Crippen LogP contribution in [0.1, 0.15) is 38.3 Å². The lowest BCUT2D eigenvalue weighted by molar-refractivity contribution is -0.289. The van der Waals surface area contributed by atoms with Crippen LogP contribution in [0.5, 0.6) is 11.5 Å². The van der Waals surface area contributed by atoms with Crippen LogP contribution in [0.4, 0.5) is 4.79 Å². The molecule has 3 N–H and O–H groups in total. The quantitative estimate of drug-likeness (QED) is 0.107. The number of rotatable bonds is 9. The molecule has 0 spiro atoms. The van der Waals surface area contributed by atoms with Crippen molar-refractivity contribution in [2.45, 2.75) is 58.2 Å². The summed E-state index contributed by atoms with van der Waals surface area (Å²) in [7, 11) is 1.31. The Labute approximate surface area is 225 Å². The number of nitrogens with zero attached hydrogens (tertiary/aromatic N) is 1. The Morgan fingerprint density at radius 1 is 1.41 bits per heavy atom. The van der Waals surface area contributed by atoms with Gasteiger partial charge in [-0.1, -0.05) is 24.1 Å². The number of hydrogen-bond acceptors (Lipinski definition) is 11. The lowest BCUT2D eigenvalue weighted by Crippen LogP contribution is -2.62. The minimum absolute atomic E-state index is 0.0642. The van der Waals surface area contributed by atoms with Crippen molar-refractivity contribution in [2.24, 2.45) is 11.1 Å². The van der Waals surface area contributed by atoms with E-state index in [1.54, 1.807) is 26.8 Å². The van der Waals surface area contributed by atoms with Gasteiger partial charge in [0.05, 0.1) is 16.7 Å². The average molecular weight is 545 g/mol. The zero-order valence-corrected chi connectivity index (χ0v) is 22.3. The van der Waals surface area contributed by atoms with Gasteiger partial charge in [-0.25, -0.2) is 9.59 Å². The van der Waals surface area contributed by atoms with Crippen LogP contribution in [-0.4, -0.2) is 59.8 Å². The minimum Gasteiger partial charge on any atom is -0.506 e. The first-order chi connectivity index (χ1) is 18.5. The molecule has 0 bridgehead atoms. The highest BCUT2D eigenvalue weighted by molar-refractivity contribution is 6.04. The number of carbonyl (C=O) groups is 1. The number of hydroxylamine groups is 1. The summed E-state index contributed by atoms with van der Waals surface area (Å²) in [5.74, 6) is 1.57. The highest BCUT2D eigenvalue weighted by atomic mass is 16.7. The maximum atomic E-state index is 12.7. The third kappa shape index (κ3) is 6.01. The van der Waals surface area contributed by atoms with Gasteiger partial charge in [-0.3, -0.25) is 4.84 Å². The molecule has 1 unspecified atom stereocenters. The molecule has 1 saturated heterocycles. The topological polar surface area (TPSA) is 158 Å². The van der Waals surface area contributed by atoms with E-state index >= 15 is 0 Å². The zero-order chi connectivity index (χ0) is 28.9. The second-order valence-electron chi connectivity index (χ2n) is 9.19. The van der Waals surface area contributed by atoms with Crippen LogP contribution in [0.3, 0.4) is 0 Å². The Bertz CT molecular complexity index is 1360. The molecule has 1 aliphatic heterocycles. The highest BCUT2D eigenvalue weighted by Gasteiger charge is 2.52. The number of hydrogen-bond donors (Lipinski definition) is 3. The van der Waals surface area contributed by atoms with Gasteiger partial charge in [-0.15, -0.1) is 13.0 Å². The van der Waals surface area contributed by atoms with Crippen LogP contribution in [0.2, 0.25) is 0 Å². The molecule has 210 valence electrons. The maximum Gasteiger partial charge on any atom is 0.431 e. The van der Waals surface area contributed by atoms with Crippen LogP contribution >= 0.6 is 0 Å². The number of amides is 1. The van der Waals surface area contributed by atoms with E-state index in [1.165, 1.54) is 26.2 Å². The van der Waals surface area contributed by atoms with E-state index in [0.717, 1.165) is 0 Å². The van der Waals surface area contributed by atoms with Gasteiger partial charge in [0.15, 0.2) is 6.10 Å².